The maximum atomic E-state index is 8.77. The zero-order chi connectivity index (χ0) is 11.4. The third kappa shape index (κ3) is 2.07. The zero-order valence-corrected chi connectivity index (χ0v) is 10.1. The first-order chi connectivity index (χ1) is 7.86. The third-order valence-corrected chi connectivity index (χ3v) is 3.30. The Morgan fingerprint density at radius 1 is 1.38 bits per heavy atom. The highest BCUT2D eigenvalue weighted by molar-refractivity contribution is 8.04. The molecule has 0 bridgehead atoms. The second-order valence-electron chi connectivity index (χ2n) is 3.75. The molecule has 2 nitrogen and oxygen atoms in total. The van der Waals surface area contributed by atoms with Crippen LogP contribution in [0.4, 0.5) is 0 Å². The smallest absolute Gasteiger partial charge is 0.138 e. The summed E-state index contributed by atoms with van der Waals surface area (Å²) in [7, 11) is 0. The lowest BCUT2D eigenvalue weighted by molar-refractivity contribution is 0.647. The molecule has 2 aromatic rings. The second-order valence-corrected chi connectivity index (χ2v) is 4.58. The van der Waals surface area contributed by atoms with Crippen LogP contribution in [0.15, 0.2) is 35.4 Å². The van der Waals surface area contributed by atoms with Crippen molar-refractivity contribution in [1.82, 2.24) is 4.57 Å². The summed E-state index contributed by atoms with van der Waals surface area (Å²) < 4.78 is 2.25. The largest absolute Gasteiger partial charge is 0.346 e. The fourth-order valence-corrected chi connectivity index (χ4v) is 2.42. The van der Waals surface area contributed by atoms with Crippen molar-refractivity contribution < 1.29 is 0 Å². The van der Waals surface area contributed by atoms with E-state index in [4.69, 9.17) is 5.26 Å². The molecule has 1 heterocycles. The van der Waals surface area contributed by atoms with Crippen molar-refractivity contribution in [1.29, 1.82) is 5.26 Å². The van der Waals surface area contributed by atoms with Crippen LogP contribution >= 0.6 is 11.8 Å². The van der Waals surface area contributed by atoms with E-state index in [9.17, 15) is 0 Å². The predicted octanol–water partition coefficient (Wildman–Crippen LogP) is 4.01. The Bertz CT molecular complexity index is 522. The third-order valence-electron chi connectivity index (χ3n) is 2.66. The first kappa shape index (κ1) is 11.1. The summed E-state index contributed by atoms with van der Waals surface area (Å²) in [6, 6.07) is 8.27. The highest BCUT2D eigenvalue weighted by Crippen LogP contribution is 2.29. The molecular weight excluding hydrogens is 216 g/mol. The second kappa shape index (κ2) is 5.09. The highest BCUT2D eigenvalue weighted by Gasteiger charge is 2.07. The zero-order valence-electron chi connectivity index (χ0n) is 9.31. The molecular formula is C13H14N2S. The van der Waals surface area contributed by atoms with Crippen LogP contribution in [-0.4, -0.2) is 4.57 Å². The number of hydrogen-bond donors (Lipinski definition) is 0. The minimum atomic E-state index is 1.03. The molecule has 0 atom stereocenters. The van der Waals surface area contributed by atoms with Gasteiger partial charge in [0.25, 0.3) is 0 Å². The monoisotopic (exact) mass is 230 g/mol. The van der Waals surface area contributed by atoms with Crippen LogP contribution in [0.1, 0.15) is 19.8 Å². The van der Waals surface area contributed by atoms with E-state index in [0.717, 1.165) is 11.4 Å². The fourth-order valence-electron chi connectivity index (χ4n) is 1.86. The molecule has 0 spiro atoms. The van der Waals surface area contributed by atoms with Gasteiger partial charge in [-0.15, -0.1) is 0 Å². The Labute approximate surface area is 99.9 Å². The number of nitriles is 1. The van der Waals surface area contributed by atoms with Gasteiger partial charge in [0, 0.05) is 28.5 Å². The van der Waals surface area contributed by atoms with Crippen molar-refractivity contribution in [2.75, 3.05) is 0 Å². The molecule has 0 saturated carbocycles. The molecule has 0 amide bonds. The molecule has 3 heteroatoms. The van der Waals surface area contributed by atoms with E-state index in [-0.39, 0.29) is 0 Å². The van der Waals surface area contributed by atoms with Crippen molar-refractivity contribution in [3.05, 3.63) is 30.5 Å². The molecule has 1 aromatic carbocycles. The van der Waals surface area contributed by atoms with Gasteiger partial charge in [0.05, 0.1) is 0 Å². The van der Waals surface area contributed by atoms with Gasteiger partial charge < -0.3 is 4.57 Å². The number of rotatable bonds is 4. The number of thioether (sulfide) groups is 1. The molecule has 0 aliphatic rings. The number of thiocyanates is 1. The Hall–Kier alpha value is -1.40. The number of nitrogens with zero attached hydrogens (tertiary/aromatic N) is 2. The van der Waals surface area contributed by atoms with Gasteiger partial charge in [-0.2, -0.15) is 5.26 Å². The Kier molecular flexibility index (Phi) is 3.53. The molecule has 0 saturated heterocycles. The average molecular weight is 230 g/mol. The van der Waals surface area contributed by atoms with Crippen LogP contribution < -0.4 is 0 Å². The van der Waals surface area contributed by atoms with Gasteiger partial charge in [0.15, 0.2) is 0 Å². The molecule has 82 valence electrons. The first-order valence-electron chi connectivity index (χ1n) is 5.50. The lowest BCUT2D eigenvalue weighted by Crippen LogP contribution is -1.94. The Morgan fingerprint density at radius 2 is 2.19 bits per heavy atom. The standard InChI is InChI=1S/C13H14N2S/c1-2-3-8-15-9-13(16-10-14)11-6-4-5-7-12(11)15/h4-7,9H,2-3,8H2,1H3. The number of benzene rings is 1. The van der Waals surface area contributed by atoms with Crippen LogP contribution in [0.3, 0.4) is 0 Å². The van der Waals surface area contributed by atoms with Gasteiger partial charge in [-0.1, -0.05) is 31.5 Å². The topological polar surface area (TPSA) is 28.7 Å². The summed E-state index contributed by atoms with van der Waals surface area (Å²) in [6.45, 7) is 3.22. The molecule has 0 radical (unpaired) electrons. The molecule has 0 N–H and O–H groups in total. The van der Waals surface area contributed by atoms with Gasteiger partial charge in [-0.3, -0.25) is 0 Å². The van der Waals surface area contributed by atoms with Crippen molar-refractivity contribution >= 4 is 22.7 Å². The summed E-state index contributed by atoms with van der Waals surface area (Å²) in [6.07, 6.45) is 4.46. The normalized spacial score (nSPS) is 10.5. The summed E-state index contributed by atoms with van der Waals surface area (Å²) in [4.78, 5) is 1.06. The molecule has 16 heavy (non-hydrogen) atoms. The molecule has 2 rings (SSSR count). The van der Waals surface area contributed by atoms with E-state index in [0.29, 0.717) is 0 Å². The van der Waals surface area contributed by atoms with E-state index >= 15 is 0 Å². The van der Waals surface area contributed by atoms with Crippen molar-refractivity contribution in [2.45, 2.75) is 31.2 Å². The molecule has 1 aromatic heterocycles. The van der Waals surface area contributed by atoms with E-state index < -0.39 is 0 Å². The van der Waals surface area contributed by atoms with Gasteiger partial charge in [-0.25, -0.2) is 0 Å². The molecule has 0 aliphatic heterocycles. The minimum Gasteiger partial charge on any atom is -0.346 e. The predicted molar refractivity (Wildman–Crippen MR) is 68.3 cm³/mol. The van der Waals surface area contributed by atoms with E-state index in [1.807, 2.05) is 12.1 Å². The molecule has 0 unspecified atom stereocenters. The van der Waals surface area contributed by atoms with Gasteiger partial charge in [-0.05, 0) is 24.2 Å². The SMILES string of the molecule is CCCCn1cc(SC#N)c2ccccc21. The number of para-hydroxylation sites is 1. The summed E-state index contributed by atoms with van der Waals surface area (Å²) in [5.74, 6) is 0. The summed E-state index contributed by atoms with van der Waals surface area (Å²) in [5.41, 5.74) is 1.23. The van der Waals surface area contributed by atoms with Gasteiger partial charge >= 0.3 is 0 Å². The Morgan fingerprint density at radius 3 is 2.94 bits per heavy atom. The van der Waals surface area contributed by atoms with Gasteiger partial charge in [0.1, 0.15) is 5.40 Å². The van der Waals surface area contributed by atoms with Crippen LogP contribution in [0.5, 0.6) is 0 Å². The van der Waals surface area contributed by atoms with Crippen LogP contribution in [-0.2, 0) is 6.54 Å². The quantitative estimate of drug-likeness (QED) is 0.586. The maximum Gasteiger partial charge on any atom is 0.138 e. The van der Waals surface area contributed by atoms with Gasteiger partial charge in [0.2, 0.25) is 0 Å². The van der Waals surface area contributed by atoms with Crippen molar-refractivity contribution in [3.8, 4) is 5.40 Å². The average Bonchev–Trinajstić information content (AvgIpc) is 2.66. The maximum absolute atomic E-state index is 8.77. The summed E-state index contributed by atoms with van der Waals surface area (Å²) in [5, 5.41) is 12.1. The Balaban J connectivity index is 2.45. The number of hydrogen-bond acceptors (Lipinski definition) is 2. The van der Waals surface area contributed by atoms with Crippen molar-refractivity contribution in [2.24, 2.45) is 0 Å². The number of aromatic nitrogens is 1. The number of unbranched alkanes of at least 4 members (excludes halogenated alkanes) is 1. The fraction of sp³-hybridized carbons (Fsp3) is 0.308. The first-order valence-corrected chi connectivity index (χ1v) is 6.32. The number of fused-ring (bicyclic) bond motifs is 1. The van der Waals surface area contributed by atoms with E-state index in [1.165, 1.54) is 35.5 Å². The molecule has 0 fully saturated rings. The van der Waals surface area contributed by atoms with Crippen LogP contribution in [0.25, 0.3) is 10.9 Å². The lowest BCUT2D eigenvalue weighted by atomic mass is 10.2. The highest BCUT2D eigenvalue weighted by atomic mass is 32.2. The molecule has 0 aliphatic carbocycles. The van der Waals surface area contributed by atoms with Crippen LogP contribution in [0, 0.1) is 10.7 Å². The van der Waals surface area contributed by atoms with Crippen LogP contribution in [0.2, 0.25) is 0 Å². The minimum absolute atomic E-state index is 1.03. The number of aryl methyl sites for hydroxylation is 1. The van der Waals surface area contributed by atoms with Crippen molar-refractivity contribution in [3.63, 3.8) is 0 Å². The lowest BCUT2D eigenvalue weighted by Gasteiger charge is -2.02. The van der Waals surface area contributed by atoms with E-state index in [2.05, 4.69) is 35.2 Å². The van der Waals surface area contributed by atoms with E-state index in [1.54, 1.807) is 0 Å². The summed E-state index contributed by atoms with van der Waals surface area (Å²) >= 11 is 1.24.